The van der Waals surface area contributed by atoms with Crippen molar-refractivity contribution >= 4 is 27.5 Å². The van der Waals surface area contributed by atoms with Crippen molar-refractivity contribution in [3.05, 3.63) is 62.1 Å². The zero-order valence-electron chi connectivity index (χ0n) is 11.1. The molecule has 3 N–H and O–H groups in total. The van der Waals surface area contributed by atoms with Gasteiger partial charge in [0.2, 0.25) is 0 Å². The smallest absolute Gasteiger partial charge is 0.273 e. The number of non-ortho nitro benzene ring substituents is 1. The number of benzene rings is 2. The number of nitrogens with two attached hydrogens (primary N) is 1. The van der Waals surface area contributed by atoms with Crippen molar-refractivity contribution in [2.45, 2.75) is 6.92 Å². The van der Waals surface area contributed by atoms with Crippen LogP contribution in [0.1, 0.15) is 11.1 Å². The molecule has 0 aliphatic carbocycles. The molecule has 2 rings (SSSR count). The second-order valence-corrected chi connectivity index (χ2v) is 5.19. The van der Waals surface area contributed by atoms with E-state index in [1.165, 1.54) is 12.1 Å². The standard InChI is InChI=1S/C14H12BrN3O3/c1-8-5-6-9(18(19)20)7-12(8)21-11-4-2-3-10(15)13(11)14(16)17/h2-7H,1H3,(H3,16,17). The lowest BCUT2D eigenvalue weighted by Crippen LogP contribution is -2.13. The van der Waals surface area contributed by atoms with Gasteiger partial charge in [0.05, 0.1) is 16.6 Å². The van der Waals surface area contributed by atoms with Gasteiger partial charge in [-0.3, -0.25) is 15.5 Å². The molecule has 0 amide bonds. The van der Waals surface area contributed by atoms with Crippen molar-refractivity contribution in [2.75, 3.05) is 0 Å². The Morgan fingerprint density at radius 2 is 2.05 bits per heavy atom. The number of ether oxygens (including phenoxy) is 1. The molecule has 108 valence electrons. The van der Waals surface area contributed by atoms with E-state index in [1.54, 1.807) is 31.2 Å². The lowest BCUT2D eigenvalue weighted by atomic mass is 10.1. The summed E-state index contributed by atoms with van der Waals surface area (Å²) in [5, 5.41) is 18.4. The molecule has 0 saturated heterocycles. The first-order valence-electron chi connectivity index (χ1n) is 5.96. The van der Waals surface area contributed by atoms with Gasteiger partial charge in [0, 0.05) is 10.5 Å². The summed E-state index contributed by atoms with van der Waals surface area (Å²) in [4.78, 5) is 10.3. The van der Waals surface area contributed by atoms with Gasteiger partial charge < -0.3 is 10.5 Å². The summed E-state index contributed by atoms with van der Waals surface area (Å²) in [6.45, 7) is 1.78. The van der Waals surface area contributed by atoms with Gasteiger partial charge in [0.1, 0.15) is 17.3 Å². The number of amidine groups is 1. The molecule has 0 saturated carbocycles. The fraction of sp³-hybridized carbons (Fsp3) is 0.0714. The van der Waals surface area contributed by atoms with Gasteiger partial charge in [-0.1, -0.05) is 6.07 Å². The van der Waals surface area contributed by atoms with Crippen LogP contribution in [0, 0.1) is 22.4 Å². The molecule has 0 radical (unpaired) electrons. The van der Waals surface area contributed by atoms with E-state index in [4.69, 9.17) is 15.9 Å². The number of nitrogen functional groups attached to an aromatic ring is 1. The first-order chi connectivity index (χ1) is 9.90. The average Bonchev–Trinajstić information content (AvgIpc) is 2.40. The van der Waals surface area contributed by atoms with E-state index in [-0.39, 0.29) is 11.5 Å². The minimum atomic E-state index is -0.487. The highest BCUT2D eigenvalue weighted by Crippen LogP contribution is 2.33. The summed E-state index contributed by atoms with van der Waals surface area (Å²) in [5.74, 6) is 0.561. The van der Waals surface area contributed by atoms with Crippen LogP contribution in [0.3, 0.4) is 0 Å². The Morgan fingerprint density at radius 3 is 2.67 bits per heavy atom. The average molecular weight is 350 g/mol. The number of rotatable bonds is 4. The summed E-state index contributed by atoms with van der Waals surface area (Å²) >= 11 is 3.31. The van der Waals surface area contributed by atoms with Crippen molar-refractivity contribution in [3.8, 4) is 11.5 Å². The molecule has 0 aromatic heterocycles. The molecule has 7 heteroatoms. The highest BCUT2D eigenvalue weighted by Gasteiger charge is 2.15. The molecule has 0 bridgehead atoms. The highest BCUT2D eigenvalue weighted by molar-refractivity contribution is 9.10. The number of hydrogen-bond donors (Lipinski definition) is 2. The SMILES string of the molecule is Cc1ccc([N+](=O)[O-])cc1Oc1cccc(Br)c1C(=N)N. The van der Waals surface area contributed by atoms with Gasteiger partial charge in [-0.25, -0.2) is 0 Å². The van der Waals surface area contributed by atoms with Crippen LogP contribution in [0.4, 0.5) is 5.69 Å². The Hall–Kier alpha value is -2.41. The van der Waals surface area contributed by atoms with Gasteiger partial charge in [0.15, 0.2) is 0 Å². The first-order valence-corrected chi connectivity index (χ1v) is 6.75. The van der Waals surface area contributed by atoms with Gasteiger partial charge >= 0.3 is 0 Å². The fourth-order valence-electron chi connectivity index (χ4n) is 1.78. The third kappa shape index (κ3) is 3.19. The molecule has 21 heavy (non-hydrogen) atoms. The van der Waals surface area contributed by atoms with Crippen molar-refractivity contribution in [1.82, 2.24) is 0 Å². The zero-order chi connectivity index (χ0) is 15.6. The summed E-state index contributed by atoms with van der Waals surface area (Å²) in [7, 11) is 0. The van der Waals surface area contributed by atoms with E-state index in [1.807, 2.05) is 0 Å². The van der Waals surface area contributed by atoms with Crippen molar-refractivity contribution in [3.63, 3.8) is 0 Å². The molecule has 0 unspecified atom stereocenters. The van der Waals surface area contributed by atoms with Gasteiger partial charge in [0.25, 0.3) is 5.69 Å². The molecule has 0 heterocycles. The molecule has 6 nitrogen and oxygen atoms in total. The summed E-state index contributed by atoms with van der Waals surface area (Å²) in [5.41, 5.74) is 6.64. The van der Waals surface area contributed by atoms with E-state index in [0.29, 0.717) is 21.5 Å². The third-order valence-corrected chi connectivity index (χ3v) is 3.51. The first kappa shape index (κ1) is 15.0. The van der Waals surface area contributed by atoms with Crippen molar-refractivity contribution in [2.24, 2.45) is 5.73 Å². The van der Waals surface area contributed by atoms with E-state index in [9.17, 15) is 10.1 Å². The Morgan fingerprint density at radius 1 is 1.33 bits per heavy atom. The summed E-state index contributed by atoms with van der Waals surface area (Å²) in [6.07, 6.45) is 0. The molecule has 0 aliphatic heterocycles. The Balaban J connectivity index is 2.48. The van der Waals surface area contributed by atoms with Gasteiger partial charge in [-0.05, 0) is 46.6 Å². The molecular formula is C14H12BrN3O3. The Bertz CT molecular complexity index is 731. The number of nitrogens with zero attached hydrogens (tertiary/aromatic N) is 1. The lowest BCUT2D eigenvalue weighted by Gasteiger charge is -2.13. The van der Waals surface area contributed by atoms with Crippen LogP contribution in [0.25, 0.3) is 0 Å². The molecule has 0 atom stereocenters. The van der Waals surface area contributed by atoms with Crippen LogP contribution in [0.2, 0.25) is 0 Å². The van der Waals surface area contributed by atoms with Crippen LogP contribution in [0.15, 0.2) is 40.9 Å². The van der Waals surface area contributed by atoms with Crippen LogP contribution >= 0.6 is 15.9 Å². The summed E-state index contributed by atoms with van der Waals surface area (Å²) < 4.78 is 6.34. The Kier molecular flexibility index (Phi) is 4.23. The monoisotopic (exact) mass is 349 g/mol. The number of aryl methyl sites for hydroxylation is 1. The topological polar surface area (TPSA) is 102 Å². The number of halogens is 1. The van der Waals surface area contributed by atoms with Crippen LogP contribution in [-0.2, 0) is 0 Å². The molecule has 0 spiro atoms. The number of nitro groups is 1. The normalized spacial score (nSPS) is 10.2. The molecule has 2 aromatic carbocycles. The maximum absolute atomic E-state index is 10.8. The largest absolute Gasteiger partial charge is 0.456 e. The maximum atomic E-state index is 10.8. The number of nitro benzene ring substituents is 1. The lowest BCUT2D eigenvalue weighted by molar-refractivity contribution is -0.384. The van der Waals surface area contributed by atoms with Gasteiger partial charge in [-0.15, -0.1) is 0 Å². The molecule has 0 aliphatic rings. The highest BCUT2D eigenvalue weighted by atomic mass is 79.9. The quantitative estimate of drug-likeness (QED) is 0.379. The van der Waals surface area contributed by atoms with Crippen molar-refractivity contribution < 1.29 is 9.66 Å². The minimum Gasteiger partial charge on any atom is -0.456 e. The zero-order valence-corrected chi connectivity index (χ0v) is 12.7. The number of hydrogen-bond acceptors (Lipinski definition) is 4. The van der Waals surface area contributed by atoms with Crippen LogP contribution in [-0.4, -0.2) is 10.8 Å². The Labute approximate surface area is 129 Å². The molecule has 0 fully saturated rings. The van der Waals surface area contributed by atoms with E-state index in [2.05, 4.69) is 15.9 Å². The predicted octanol–water partition coefficient (Wildman–Crippen LogP) is 3.74. The van der Waals surface area contributed by atoms with E-state index in [0.717, 1.165) is 5.56 Å². The molecule has 2 aromatic rings. The maximum Gasteiger partial charge on any atom is 0.273 e. The molecular weight excluding hydrogens is 338 g/mol. The fourth-order valence-corrected chi connectivity index (χ4v) is 2.34. The second-order valence-electron chi connectivity index (χ2n) is 4.34. The van der Waals surface area contributed by atoms with Crippen molar-refractivity contribution in [1.29, 1.82) is 5.41 Å². The van der Waals surface area contributed by atoms with Crippen LogP contribution < -0.4 is 10.5 Å². The van der Waals surface area contributed by atoms with E-state index < -0.39 is 4.92 Å². The summed E-state index contributed by atoms with van der Waals surface area (Å²) in [6, 6.07) is 9.50. The van der Waals surface area contributed by atoms with Crippen LogP contribution in [0.5, 0.6) is 11.5 Å². The predicted molar refractivity (Wildman–Crippen MR) is 83.1 cm³/mol. The van der Waals surface area contributed by atoms with Gasteiger partial charge in [-0.2, -0.15) is 0 Å². The second kappa shape index (κ2) is 5.92. The minimum absolute atomic E-state index is 0.0602. The number of nitrogens with one attached hydrogen (secondary N) is 1. The third-order valence-electron chi connectivity index (χ3n) is 2.85. The van der Waals surface area contributed by atoms with E-state index >= 15 is 0 Å².